The summed E-state index contributed by atoms with van der Waals surface area (Å²) < 4.78 is 19.1. The third-order valence-corrected chi connectivity index (χ3v) is 6.11. The monoisotopic (exact) mass is 387 g/mol. The van der Waals surface area contributed by atoms with Crippen molar-refractivity contribution in [2.45, 2.75) is 38.3 Å². The van der Waals surface area contributed by atoms with Gasteiger partial charge in [0.05, 0.1) is 5.71 Å². The minimum absolute atomic E-state index is 0.0895. The molecule has 1 aromatic heterocycles. The van der Waals surface area contributed by atoms with Crippen molar-refractivity contribution >= 4 is 23.5 Å². The molecule has 3 unspecified atom stereocenters. The maximum absolute atomic E-state index is 13.8. The fourth-order valence-electron chi connectivity index (χ4n) is 4.34. The summed E-state index contributed by atoms with van der Waals surface area (Å²) in [6.07, 6.45) is 0.872. The van der Waals surface area contributed by atoms with Gasteiger partial charge < -0.3 is 14.3 Å². The molecule has 4 heterocycles. The quantitative estimate of drug-likeness (QED) is 0.786. The Morgan fingerprint density at radius 1 is 1.21 bits per heavy atom. The predicted octanol–water partition coefficient (Wildman–Crippen LogP) is 1.64. The Kier molecular flexibility index (Phi) is 4.06. The number of halogens is 1. The number of fused-ring (bicyclic) bond motifs is 1. The van der Waals surface area contributed by atoms with E-state index in [1.165, 1.54) is 0 Å². The first-order valence-electron chi connectivity index (χ1n) is 9.88. The Bertz CT molecular complexity index is 876. The van der Waals surface area contributed by atoms with Crippen LogP contribution >= 0.6 is 0 Å². The van der Waals surface area contributed by atoms with Crippen LogP contribution < -0.4 is 0 Å². The van der Waals surface area contributed by atoms with Crippen LogP contribution in [0.2, 0.25) is 0 Å². The molecule has 5 rings (SSSR count). The molecular weight excluding hydrogens is 365 g/mol. The summed E-state index contributed by atoms with van der Waals surface area (Å²) in [5.74, 6) is 1.25. The summed E-state index contributed by atoms with van der Waals surface area (Å²) in [4.78, 5) is 36.4. The van der Waals surface area contributed by atoms with Crippen LogP contribution in [0.15, 0.2) is 20.6 Å². The van der Waals surface area contributed by atoms with Gasteiger partial charge in [0.25, 0.3) is 11.8 Å². The van der Waals surface area contributed by atoms with Gasteiger partial charge in [0, 0.05) is 50.0 Å². The zero-order chi connectivity index (χ0) is 19.4. The number of hydrogen-bond donors (Lipinski definition) is 0. The van der Waals surface area contributed by atoms with Crippen LogP contribution in [0, 0.1) is 11.8 Å². The SMILES string of the molecule is CCC1=NC(N2CC3CN(C(=O)c4cc(C5CC5)on4)CC3C2)=NC(=O)C1F. The smallest absolute Gasteiger partial charge is 0.289 e. The van der Waals surface area contributed by atoms with E-state index in [2.05, 4.69) is 15.1 Å². The minimum atomic E-state index is -1.72. The van der Waals surface area contributed by atoms with Crippen molar-refractivity contribution in [2.75, 3.05) is 26.2 Å². The number of guanidine groups is 1. The summed E-state index contributed by atoms with van der Waals surface area (Å²) in [7, 11) is 0. The molecule has 4 aliphatic rings. The normalized spacial score (nSPS) is 29.8. The molecule has 1 aliphatic carbocycles. The number of alkyl halides is 1. The standard InChI is InChI=1S/C19H22FN5O3/c1-2-13-16(20)17(26)22-19(21-13)25-8-11-6-24(7-12(11)9-25)18(27)14-5-15(28-23-14)10-3-4-10/h5,10-12,16H,2-4,6-9H2,1H3. The lowest BCUT2D eigenvalue weighted by Gasteiger charge is -2.24. The second-order valence-electron chi connectivity index (χ2n) is 8.09. The van der Waals surface area contributed by atoms with Gasteiger partial charge in [0.15, 0.2) is 5.69 Å². The average Bonchev–Trinajstić information content (AvgIpc) is 3.11. The van der Waals surface area contributed by atoms with Gasteiger partial charge in [0.2, 0.25) is 12.1 Å². The topological polar surface area (TPSA) is 91.4 Å². The Balaban J connectivity index is 1.24. The Morgan fingerprint density at radius 2 is 1.93 bits per heavy atom. The summed E-state index contributed by atoms with van der Waals surface area (Å²) in [5.41, 5.74) is 0.619. The van der Waals surface area contributed by atoms with Gasteiger partial charge in [-0.1, -0.05) is 12.1 Å². The fourth-order valence-corrected chi connectivity index (χ4v) is 4.34. The number of carbonyl (C=O) groups is 2. The van der Waals surface area contributed by atoms with Gasteiger partial charge in [0.1, 0.15) is 5.76 Å². The van der Waals surface area contributed by atoms with Gasteiger partial charge >= 0.3 is 0 Å². The molecule has 2 amide bonds. The lowest BCUT2D eigenvalue weighted by molar-refractivity contribution is -0.120. The van der Waals surface area contributed by atoms with E-state index in [9.17, 15) is 14.0 Å². The molecule has 0 N–H and O–H groups in total. The molecule has 8 nitrogen and oxygen atoms in total. The minimum Gasteiger partial charge on any atom is -0.360 e. The molecule has 28 heavy (non-hydrogen) atoms. The van der Waals surface area contributed by atoms with Crippen LogP contribution in [0.1, 0.15) is 48.4 Å². The number of rotatable bonds is 3. The zero-order valence-corrected chi connectivity index (χ0v) is 15.7. The molecule has 148 valence electrons. The second kappa shape index (κ2) is 6.49. The van der Waals surface area contributed by atoms with E-state index < -0.39 is 12.1 Å². The molecule has 0 aromatic carbocycles. The number of likely N-dealkylation sites (tertiary alicyclic amines) is 2. The van der Waals surface area contributed by atoms with Crippen LogP contribution in [-0.4, -0.2) is 70.8 Å². The highest BCUT2D eigenvalue weighted by molar-refractivity contribution is 6.17. The molecule has 3 atom stereocenters. The zero-order valence-electron chi connectivity index (χ0n) is 15.7. The highest BCUT2D eigenvalue weighted by Crippen LogP contribution is 2.40. The van der Waals surface area contributed by atoms with Gasteiger partial charge in [-0.05, 0) is 19.3 Å². The molecule has 0 radical (unpaired) electrons. The van der Waals surface area contributed by atoms with Gasteiger partial charge in [-0.15, -0.1) is 0 Å². The van der Waals surface area contributed by atoms with Crippen molar-refractivity contribution in [1.29, 1.82) is 0 Å². The van der Waals surface area contributed by atoms with Crippen LogP contribution in [-0.2, 0) is 4.79 Å². The van der Waals surface area contributed by atoms with Crippen molar-refractivity contribution in [3.63, 3.8) is 0 Å². The van der Waals surface area contributed by atoms with Crippen LogP contribution in [0.3, 0.4) is 0 Å². The molecular formula is C19H22FN5O3. The van der Waals surface area contributed by atoms with E-state index in [1.54, 1.807) is 13.0 Å². The van der Waals surface area contributed by atoms with E-state index in [1.807, 2.05) is 9.80 Å². The van der Waals surface area contributed by atoms with E-state index in [0.29, 0.717) is 50.2 Å². The van der Waals surface area contributed by atoms with E-state index in [0.717, 1.165) is 18.6 Å². The molecule has 1 saturated carbocycles. The first kappa shape index (κ1) is 17.5. The van der Waals surface area contributed by atoms with Gasteiger partial charge in [-0.25, -0.2) is 9.38 Å². The third-order valence-electron chi connectivity index (χ3n) is 6.11. The number of aliphatic imine (C=N–C) groups is 2. The average molecular weight is 387 g/mol. The molecule has 3 aliphatic heterocycles. The molecule has 1 aromatic rings. The number of hydrogen-bond acceptors (Lipinski definition) is 6. The number of nitrogens with zero attached hydrogens (tertiary/aromatic N) is 5. The Morgan fingerprint density at radius 3 is 2.57 bits per heavy atom. The Hall–Kier alpha value is -2.58. The Labute approximate surface area is 161 Å². The first-order chi connectivity index (χ1) is 13.5. The number of carbonyl (C=O) groups excluding carboxylic acids is 2. The lowest BCUT2D eigenvalue weighted by Crippen LogP contribution is -2.39. The van der Waals surface area contributed by atoms with Crippen molar-refractivity contribution in [3.8, 4) is 0 Å². The fraction of sp³-hybridized carbons (Fsp3) is 0.632. The van der Waals surface area contributed by atoms with Crippen molar-refractivity contribution < 1.29 is 18.5 Å². The second-order valence-corrected chi connectivity index (χ2v) is 8.09. The summed E-state index contributed by atoms with van der Waals surface area (Å²) in [6, 6.07) is 1.77. The van der Waals surface area contributed by atoms with Crippen LogP contribution in [0.5, 0.6) is 0 Å². The summed E-state index contributed by atoms with van der Waals surface area (Å²) >= 11 is 0. The highest BCUT2D eigenvalue weighted by atomic mass is 19.1. The largest absolute Gasteiger partial charge is 0.360 e. The summed E-state index contributed by atoms with van der Waals surface area (Å²) in [5, 5.41) is 3.95. The van der Waals surface area contributed by atoms with E-state index in [4.69, 9.17) is 4.52 Å². The molecule has 2 saturated heterocycles. The van der Waals surface area contributed by atoms with Crippen molar-refractivity contribution in [3.05, 3.63) is 17.5 Å². The maximum Gasteiger partial charge on any atom is 0.289 e. The third kappa shape index (κ3) is 2.93. The van der Waals surface area contributed by atoms with E-state index >= 15 is 0 Å². The van der Waals surface area contributed by atoms with E-state index in [-0.39, 0.29) is 23.5 Å². The van der Waals surface area contributed by atoms with Crippen molar-refractivity contribution in [1.82, 2.24) is 15.0 Å². The maximum atomic E-state index is 13.8. The predicted molar refractivity (Wildman–Crippen MR) is 98.0 cm³/mol. The van der Waals surface area contributed by atoms with Crippen LogP contribution in [0.25, 0.3) is 0 Å². The molecule has 0 bridgehead atoms. The van der Waals surface area contributed by atoms with Crippen LogP contribution in [0.4, 0.5) is 4.39 Å². The number of aromatic nitrogens is 1. The highest BCUT2D eigenvalue weighted by Gasteiger charge is 2.44. The molecule has 9 heteroatoms. The number of amides is 2. The summed E-state index contributed by atoms with van der Waals surface area (Å²) in [6.45, 7) is 4.35. The van der Waals surface area contributed by atoms with Gasteiger partial charge in [-0.2, -0.15) is 4.99 Å². The lowest BCUT2D eigenvalue weighted by atomic mass is 10.0. The molecule has 0 spiro atoms. The first-order valence-corrected chi connectivity index (χ1v) is 9.88. The van der Waals surface area contributed by atoms with Gasteiger partial charge in [-0.3, -0.25) is 9.59 Å². The molecule has 3 fully saturated rings. The van der Waals surface area contributed by atoms with Crippen molar-refractivity contribution in [2.24, 2.45) is 21.8 Å².